The molecule has 12 heavy (non-hydrogen) atoms. The van der Waals surface area contributed by atoms with Crippen LogP contribution in [0.25, 0.3) is 0 Å². The summed E-state index contributed by atoms with van der Waals surface area (Å²) in [5.74, 6) is 0. The average Bonchev–Trinajstić information content (AvgIpc) is 1.90. The molecule has 1 N–H and O–H groups in total. The van der Waals surface area contributed by atoms with Crippen LogP contribution in [0.3, 0.4) is 0 Å². The number of hydrogen-bond acceptors (Lipinski definition) is 1. The van der Waals surface area contributed by atoms with Gasteiger partial charge in [-0.25, -0.2) is 0 Å². The largest absolute Gasteiger partial charge is 0.870 e. The summed E-state index contributed by atoms with van der Waals surface area (Å²) >= 11 is 0. The molecule has 0 bridgehead atoms. The maximum Gasteiger partial charge on any atom is 0.0569 e. The third-order valence-corrected chi connectivity index (χ3v) is 5.43. The molecule has 0 rings (SSSR count). The second kappa shape index (κ2) is 14.9. The molecule has 1 nitrogen and oxygen atoms in total. The first-order valence-corrected chi connectivity index (χ1v) is 6.80. The van der Waals surface area contributed by atoms with Crippen LogP contribution in [0.2, 0.25) is 0 Å². The molecule has 0 aliphatic carbocycles. The fourth-order valence-corrected chi connectivity index (χ4v) is 4.31. The Morgan fingerprint density at radius 3 is 1.17 bits per heavy atom. The molecular formula is C9H23NaOP. The van der Waals surface area contributed by atoms with Crippen LogP contribution in [0.5, 0.6) is 0 Å². The van der Waals surface area contributed by atoms with Crippen LogP contribution in [-0.4, -0.2) is 53.5 Å². The van der Waals surface area contributed by atoms with Crippen LogP contribution in [-0.2, 0) is 0 Å². The van der Waals surface area contributed by atoms with Gasteiger partial charge >= 0.3 is 0 Å². The van der Waals surface area contributed by atoms with Gasteiger partial charge in [0.2, 0.25) is 0 Å². The van der Waals surface area contributed by atoms with E-state index < -0.39 is 0 Å². The quantitative estimate of drug-likeness (QED) is 0.480. The summed E-state index contributed by atoms with van der Waals surface area (Å²) in [7, 11) is 0.103. The van der Waals surface area contributed by atoms with Gasteiger partial charge in [0.15, 0.2) is 0 Å². The van der Waals surface area contributed by atoms with E-state index in [0.29, 0.717) is 0 Å². The molecular weight excluding hydrogens is 178 g/mol. The van der Waals surface area contributed by atoms with Crippen molar-refractivity contribution in [3.63, 3.8) is 0 Å². The predicted octanol–water partition coefficient (Wildman–Crippen LogP) is 2.87. The van der Waals surface area contributed by atoms with Crippen LogP contribution in [0.4, 0.5) is 0 Å². The fraction of sp³-hybridized carbons (Fsp3) is 1.00. The van der Waals surface area contributed by atoms with Crippen molar-refractivity contribution in [2.75, 3.05) is 18.5 Å². The van der Waals surface area contributed by atoms with E-state index >= 15 is 0 Å². The molecule has 0 aromatic carbocycles. The third kappa shape index (κ3) is 11.4. The Hall–Kier alpha value is 1.39. The van der Waals surface area contributed by atoms with Crippen molar-refractivity contribution in [3.8, 4) is 0 Å². The van der Waals surface area contributed by atoms with E-state index in [2.05, 4.69) is 20.8 Å². The Kier molecular flexibility index (Phi) is 23.6. The van der Waals surface area contributed by atoms with Gasteiger partial charge in [0.25, 0.3) is 0 Å². The maximum atomic E-state index is 2.32. The molecule has 71 valence electrons. The minimum Gasteiger partial charge on any atom is -0.870 e. The standard InChI is InChI=1S/C9H21P.Na.H2O/c1-4-7-10(8-5-2)9-6-3;;/h4-9H2,1-3H3;;1H2. The van der Waals surface area contributed by atoms with E-state index in [1.165, 1.54) is 19.3 Å². The summed E-state index contributed by atoms with van der Waals surface area (Å²) in [5.41, 5.74) is 0. The van der Waals surface area contributed by atoms with Gasteiger partial charge in [-0.2, -0.15) is 0 Å². The molecule has 1 radical (unpaired) electrons. The molecule has 0 aliphatic rings. The Morgan fingerprint density at radius 2 is 1.00 bits per heavy atom. The molecule has 3 heteroatoms. The molecule has 0 aromatic rings. The first kappa shape index (κ1) is 19.0. The number of rotatable bonds is 6. The second-order valence-electron chi connectivity index (χ2n) is 3.00. The van der Waals surface area contributed by atoms with Crippen molar-refractivity contribution < 1.29 is 5.48 Å². The first-order valence-electron chi connectivity index (χ1n) is 4.68. The normalized spacial score (nSPS) is 9.00. The van der Waals surface area contributed by atoms with Gasteiger partial charge in [-0.1, -0.05) is 20.8 Å². The SMILES string of the molecule is CCC[PH+](CCC)CCC.[Na].[OH-]. The molecule has 0 saturated heterocycles. The van der Waals surface area contributed by atoms with Crippen molar-refractivity contribution >= 4 is 37.5 Å². The van der Waals surface area contributed by atoms with Crippen molar-refractivity contribution in [3.05, 3.63) is 0 Å². The van der Waals surface area contributed by atoms with Crippen LogP contribution in [0.15, 0.2) is 0 Å². The zero-order chi connectivity index (χ0) is 7.82. The summed E-state index contributed by atoms with van der Waals surface area (Å²) in [6.07, 6.45) is 8.88. The van der Waals surface area contributed by atoms with E-state index in [4.69, 9.17) is 0 Å². The summed E-state index contributed by atoms with van der Waals surface area (Å²) in [4.78, 5) is 0. The maximum absolute atomic E-state index is 2.32. The van der Waals surface area contributed by atoms with Gasteiger partial charge in [-0.05, 0) is 19.3 Å². The van der Waals surface area contributed by atoms with Crippen molar-refractivity contribution in [2.24, 2.45) is 0 Å². The van der Waals surface area contributed by atoms with E-state index in [1.54, 1.807) is 18.5 Å². The number of hydrogen-bond donors (Lipinski definition) is 0. The molecule has 0 unspecified atom stereocenters. The van der Waals surface area contributed by atoms with Gasteiger partial charge in [-0.3, -0.25) is 0 Å². The van der Waals surface area contributed by atoms with E-state index in [9.17, 15) is 0 Å². The van der Waals surface area contributed by atoms with Crippen LogP contribution in [0.1, 0.15) is 40.0 Å². The van der Waals surface area contributed by atoms with Gasteiger partial charge in [0.1, 0.15) is 0 Å². The fourth-order valence-electron chi connectivity index (χ4n) is 1.44. The van der Waals surface area contributed by atoms with E-state index in [1.807, 2.05) is 0 Å². The minimum absolute atomic E-state index is 0. The van der Waals surface area contributed by atoms with Gasteiger partial charge in [0.05, 0.1) is 18.5 Å². The van der Waals surface area contributed by atoms with E-state index in [0.717, 1.165) is 0 Å². The minimum atomic E-state index is 0. The molecule has 0 atom stereocenters. The van der Waals surface area contributed by atoms with Gasteiger partial charge < -0.3 is 5.48 Å². The third-order valence-electron chi connectivity index (χ3n) is 1.81. The van der Waals surface area contributed by atoms with Crippen LogP contribution < -0.4 is 0 Å². The zero-order valence-electron chi connectivity index (χ0n) is 9.19. The summed E-state index contributed by atoms with van der Waals surface area (Å²) in [6.45, 7) is 6.95. The first-order chi connectivity index (χ1) is 4.85. The predicted molar refractivity (Wildman–Crippen MR) is 61.5 cm³/mol. The smallest absolute Gasteiger partial charge is 0.0569 e. The van der Waals surface area contributed by atoms with E-state index in [-0.39, 0.29) is 43.0 Å². The summed E-state index contributed by atoms with van der Waals surface area (Å²) < 4.78 is 0. The van der Waals surface area contributed by atoms with Crippen LogP contribution >= 0.6 is 7.92 Å². The molecule has 0 saturated carbocycles. The Balaban J connectivity index is -0.000000405. The summed E-state index contributed by atoms with van der Waals surface area (Å²) in [6, 6.07) is 0. The van der Waals surface area contributed by atoms with Gasteiger partial charge in [-0.15, -0.1) is 0 Å². The summed E-state index contributed by atoms with van der Waals surface area (Å²) in [5, 5.41) is 0. The average molecular weight is 201 g/mol. The molecule has 0 spiro atoms. The molecule has 0 aromatic heterocycles. The second-order valence-corrected chi connectivity index (χ2v) is 6.00. The molecule has 0 heterocycles. The van der Waals surface area contributed by atoms with Gasteiger partial charge in [0, 0.05) is 37.5 Å². The Labute approximate surface area is 101 Å². The molecule has 0 fully saturated rings. The Bertz CT molecular complexity index is 57.3. The van der Waals surface area contributed by atoms with Crippen molar-refractivity contribution in [1.29, 1.82) is 0 Å². The Morgan fingerprint density at radius 1 is 0.750 bits per heavy atom. The zero-order valence-corrected chi connectivity index (χ0v) is 12.2. The topological polar surface area (TPSA) is 30.0 Å². The van der Waals surface area contributed by atoms with Crippen molar-refractivity contribution in [2.45, 2.75) is 40.0 Å². The molecule has 0 amide bonds. The molecule has 0 aliphatic heterocycles. The van der Waals surface area contributed by atoms with Crippen LogP contribution in [0, 0.1) is 0 Å². The monoisotopic (exact) mass is 201 g/mol. The van der Waals surface area contributed by atoms with Crippen molar-refractivity contribution in [1.82, 2.24) is 0 Å².